The van der Waals surface area contributed by atoms with Crippen molar-refractivity contribution in [3.8, 4) is 0 Å². The highest BCUT2D eigenvalue weighted by Crippen LogP contribution is 2.28. The first-order valence-electron chi connectivity index (χ1n) is 9.15. The second kappa shape index (κ2) is 8.79. The van der Waals surface area contributed by atoms with E-state index in [1.807, 2.05) is 0 Å². The van der Waals surface area contributed by atoms with Gasteiger partial charge in [-0.2, -0.15) is 0 Å². The monoisotopic (exact) mass is 382 g/mol. The smallest absolute Gasteiger partial charge is 0.232 e. The van der Waals surface area contributed by atoms with Crippen LogP contribution in [0.5, 0.6) is 0 Å². The van der Waals surface area contributed by atoms with Crippen LogP contribution in [0.1, 0.15) is 39.2 Å². The normalized spacial score (nSPS) is 23.6. The van der Waals surface area contributed by atoms with E-state index in [1.165, 1.54) is 10.5 Å². The number of fused-ring (bicyclic) bond motifs is 1. The molecule has 1 aromatic rings. The number of thioether (sulfide) groups is 1. The van der Waals surface area contributed by atoms with E-state index in [1.54, 1.807) is 11.8 Å². The maximum atomic E-state index is 12.6. The molecule has 0 radical (unpaired) electrons. The van der Waals surface area contributed by atoms with E-state index in [4.69, 9.17) is 0 Å². The Morgan fingerprint density at radius 2 is 1.68 bits per heavy atom. The molecule has 2 aliphatic rings. The van der Waals surface area contributed by atoms with Crippen LogP contribution in [0.3, 0.4) is 0 Å². The molecule has 2 fully saturated rings. The first-order valence-corrected chi connectivity index (χ1v) is 10.1. The molecule has 0 bridgehead atoms. The van der Waals surface area contributed by atoms with Crippen molar-refractivity contribution >= 4 is 30.1 Å². The number of nitrogens with zero attached hydrogens (tertiary/aromatic N) is 1. The molecule has 3 nitrogen and oxygen atoms in total. The number of carbonyl (C=O) groups is 1. The maximum Gasteiger partial charge on any atom is 0.232 e. The van der Waals surface area contributed by atoms with Crippen molar-refractivity contribution in [2.45, 2.75) is 43.9 Å². The van der Waals surface area contributed by atoms with Crippen molar-refractivity contribution in [3.05, 3.63) is 29.8 Å². The van der Waals surface area contributed by atoms with Gasteiger partial charge in [0.25, 0.3) is 0 Å². The van der Waals surface area contributed by atoms with E-state index in [-0.39, 0.29) is 17.8 Å². The fourth-order valence-corrected chi connectivity index (χ4v) is 4.56. The van der Waals surface area contributed by atoms with Crippen LogP contribution in [0.25, 0.3) is 0 Å². The molecule has 0 unspecified atom stereocenters. The summed E-state index contributed by atoms with van der Waals surface area (Å²) in [7, 11) is 0. The van der Waals surface area contributed by atoms with Crippen molar-refractivity contribution in [1.82, 2.24) is 10.2 Å². The standard InChI is InChI=1S/C20H30N2OS.ClH/c1-20(2,3)17-4-6-18(7-5-17)24-14-19(23)22-10-8-15-12-21-13-16(15)9-11-22;/h4-7,15-16,21H,8-14H2,1-3H3;1H/t15-,16+;. The summed E-state index contributed by atoms with van der Waals surface area (Å²) in [5.41, 5.74) is 1.52. The van der Waals surface area contributed by atoms with E-state index >= 15 is 0 Å². The minimum Gasteiger partial charge on any atom is -0.342 e. The van der Waals surface area contributed by atoms with E-state index < -0.39 is 0 Å². The number of rotatable bonds is 3. The summed E-state index contributed by atoms with van der Waals surface area (Å²) >= 11 is 1.67. The molecule has 3 rings (SSSR count). The number of nitrogens with one attached hydrogen (secondary N) is 1. The molecule has 0 saturated carbocycles. The molecular formula is C20H31ClN2OS. The summed E-state index contributed by atoms with van der Waals surface area (Å²) in [6, 6.07) is 8.67. The van der Waals surface area contributed by atoms with Crippen molar-refractivity contribution in [3.63, 3.8) is 0 Å². The summed E-state index contributed by atoms with van der Waals surface area (Å²) < 4.78 is 0. The third-order valence-corrected chi connectivity index (χ3v) is 6.45. The second-order valence-electron chi connectivity index (χ2n) is 8.20. The van der Waals surface area contributed by atoms with Crippen LogP contribution in [0.2, 0.25) is 0 Å². The van der Waals surface area contributed by atoms with Gasteiger partial charge in [0.05, 0.1) is 5.75 Å². The lowest BCUT2D eigenvalue weighted by Gasteiger charge is -2.21. The number of hydrogen-bond donors (Lipinski definition) is 1. The van der Waals surface area contributed by atoms with E-state index in [0.717, 1.165) is 50.9 Å². The van der Waals surface area contributed by atoms with Crippen LogP contribution < -0.4 is 5.32 Å². The summed E-state index contributed by atoms with van der Waals surface area (Å²) in [5.74, 6) is 2.41. The summed E-state index contributed by atoms with van der Waals surface area (Å²) in [5, 5.41) is 3.49. The minimum atomic E-state index is 0. The van der Waals surface area contributed by atoms with Gasteiger partial charge in [-0.1, -0.05) is 32.9 Å². The van der Waals surface area contributed by atoms with Crippen LogP contribution in [-0.4, -0.2) is 42.7 Å². The zero-order valence-electron chi connectivity index (χ0n) is 15.6. The number of likely N-dealkylation sites (tertiary alicyclic amines) is 1. The lowest BCUT2D eigenvalue weighted by molar-refractivity contribution is -0.128. The van der Waals surface area contributed by atoms with Gasteiger partial charge in [-0.15, -0.1) is 24.2 Å². The Balaban J connectivity index is 0.00000225. The average molecular weight is 383 g/mol. The van der Waals surface area contributed by atoms with Crippen LogP contribution in [-0.2, 0) is 10.2 Å². The van der Waals surface area contributed by atoms with Gasteiger partial charge in [-0.25, -0.2) is 0 Å². The Bertz CT molecular complexity index is 556. The topological polar surface area (TPSA) is 32.3 Å². The Kier molecular flexibility index (Phi) is 7.24. The van der Waals surface area contributed by atoms with Gasteiger partial charge in [0, 0.05) is 18.0 Å². The van der Waals surface area contributed by atoms with Crippen molar-refractivity contribution < 1.29 is 4.79 Å². The fraction of sp³-hybridized carbons (Fsp3) is 0.650. The Morgan fingerprint density at radius 3 is 2.20 bits per heavy atom. The molecule has 25 heavy (non-hydrogen) atoms. The van der Waals surface area contributed by atoms with Crippen molar-refractivity contribution in [2.24, 2.45) is 11.8 Å². The van der Waals surface area contributed by atoms with Gasteiger partial charge < -0.3 is 10.2 Å². The van der Waals surface area contributed by atoms with Crippen LogP contribution in [0.4, 0.5) is 0 Å². The molecule has 5 heteroatoms. The van der Waals surface area contributed by atoms with Crippen LogP contribution >= 0.6 is 24.2 Å². The molecule has 1 N–H and O–H groups in total. The molecule has 2 saturated heterocycles. The number of benzene rings is 1. The Morgan fingerprint density at radius 1 is 1.12 bits per heavy atom. The maximum absolute atomic E-state index is 12.6. The fourth-order valence-electron chi connectivity index (χ4n) is 3.76. The Hall–Kier alpha value is -0.710. The van der Waals surface area contributed by atoms with E-state index in [0.29, 0.717) is 11.7 Å². The predicted molar refractivity (Wildman–Crippen MR) is 109 cm³/mol. The quantitative estimate of drug-likeness (QED) is 0.803. The minimum absolute atomic E-state index is 0. The van der Waals surface area contributed by atoms with Gasteiger partial charge in [-0.3, -0.25) is 4.79 Å². The summed E-state index contributed by atoms with van der Waals surface area (Å²) in [4.78, 5) is 15.8. The van der Waals surface area contributed by atoms with Gasteiger partial charge in [-0.05, 0) is 60.9 Å². The highest BCUT2D eigenvalue weighted by atomic mass is 35.5. The van der Waals surface area contributed by atoms with Gasteiger partial charge in [0.2, 0.25) is 5.91 Å². The van der Waals surface area contributed by atoms with E-state index in [2.05, 4.69) is 55.3 Å². The molecule has 1 amide bonds. The molecule has 0 spiro atoms. The predicted octanol–water partition coefficient (Wildman–Crippen LogP) is 3.96. The third kappa shape index (κ3) is 5.38. The van der Waals surface area contributed by atoms with Gasteiger partial charge >= 0.3 is 0 Å². The van der Waals surface area contributed by atoms with Gasteiger partial charge in [0.1, 0.15) is 0 Å². The Labute approximate surface area is 162 Å². The zero-order valence-corrected chi connectivity index (χ0v) is 17.2. The highest BCUT2D eigenvalue weighted by Gasteiger charge is 2.31. The van der Waals surface area contributed by atoms with E-state index in [9.17, 15) is 4.79 Å². The first-order chi connectivity index (χ1) is 11.4. The number of halogens is 1. The average Bonchev–Trinajstić information content (AvgIpc) is 2.90. The van der Waals surface area contributed by atoms with Crippen molar-refractivity contribution in [2.75, 3.05) is 31.9 Å². The molecule has 2 aliphatic heterocycles. The van der Waals surface area contributed by atoms with Crippen LogP contribution in [0.15, 0.2) is 29.2 Å². The highest BCUT2D eigenvalue weighted by molar-refractivity contribution is 8.00. The van der Waals surface area contributed by atoms with Crippen molar-refractivity contribution in [1.29, 1.82) is 0 Å². The molecule has 2 heterocycles. The molecule has 2 atom stereocenters. The summed E-state index contributed by atoms with van der Waals surface area (Å²) in [6.07, 6.45) is 2.32. The van der Waals surface area contributed by atoms with Gasteiger partial charge in [0.15, 0.2) is 0 Å². The molecule has 0 aromatic heterocycles. The SMILES string of the molecule is CC(C)(C)c1ccc(SCC(=O)N2CC[C@@H]3CNC[C@@H]3CC2)cc1.Cl. The number of carbonyl (C=O) groups excluding carboxylic acids is 1. The lowest BCUT2D eigenvalue weighted by atomic mass is 9.87. The third-order valence-electron chi connectivity index (χ3n) is 5.45. The van der Waals surface area contributed by atoms with Crippen LogP contribution in [0, 0.1) is 11.8 Å². The summed E-state index contributed by atoms with van der Waals surface area (Å²) in [6.45, 7) is 10.8. The number of hydrogen-bond acceptors (Lipinski definition) is 3. The number of amides is 1. The second-order valence-corrected chi connectivity index (χ2v) is 9.25. The molecular weight excluding hydrogens is 352 g/mol. The molecule has 1 aromatic carbocycles. The zero-order chi connectivity index (χ0) is 17.2. The largest absolute Gasteiger partial charge is 0.342 e. The molecule has 0 aliphatic carbocycles. The first kappa shape index (κ1) is 20.6. The molecule has 140 valence electrons. The lowest BCUT2D eigenvalue weighted by Crippen LogP contribution is -2.34.